The second kappa shape index (κ2) is 5.03. The highest BCUT2D eigenvalue weighted by Crippen LogP contribution is 2.28. The van der Waals surface area contributed by atoms with Crippen LogP contribution < -0.4 is 5.32 Å². The van der Waals surface area contributed by atoms with Gasteiger partial charge in [0.15, 0.2) is 0 Å². The highest BCUT2D eigenvalue weighted by atomic mass is 19.3. The predicted octanol–water partition coefficient (Wildman–Crippen LogP) is 2.05. The molecule has 1 saturated carbocycles. The first-order chi connectivity index (χ1) is 6.53. The summed E-state index contributed by atoms with van der Waals surface area (Å²) in [5, 5.41) is 2.46. The molecule has 0 bridgehead atoms. The summed E-state index contributed by atoms with van der Waals surface area (Å²) < 4.78 is 31.2. The van der Waals surface area contributed by atoms with Gasteiger partial charge in [-0.1, -0.05) is 6.92 Å². The van der Waals surface area contributed by atoms with E-state index in [-0.39, 0.29) is 12.6 Å². The fraction of sp³-hybridized carbons (Fsp3) is 1.00. The van der Waals surface area contributed by atoms with Crippen LogP contribution in [0.25, 0.3) is 0 Å². The summed E-state index contributed by atoms with van der Waals surface area (Å²) in [6.45, 7) is 1.37. The van der Waals surface area contributed by atoms with Gasteiger partial charge in [0.25, 0.3) is 5.92 Å². The van der Waals surface area contributed by atoms with E-state index >= 15 is 0 Å². The maximum Gasteiger partial charge on any atom is 0.283 e. The quantitative estimate of drug-likeness (QED) is 0.745. The van der Waals surface area contributed by atoms with Gasteiger partial charge in [-0.25, -0.2) is 8.78 Å². The summed E-state index contributed by atoms with van der Waals surface area (Å²) in [5.74, 6) is -2.11. The molecular formula is C10H19F2NO. The maximum absolute atomic E-state index is 13.0. The summed E-state index contributed by atoms with van der Waals surface area (Å²) in [6, 6.07) is 0. The van der Waals surface area contributed by atoms with Gasteiger partial charge in [-0.3, -0.25) is 0 Å². The standard InChI is InChI=1S/C10H19F2NO/c1-8-3-4-9(5-8)14-7-10(11,12)6-13-2/h8-9,13H,3-7H2,1-2H3. The van der Waals surface area contributed by atoms with Crippen LogP contribution in [0.4, 0.5) is 8.78 Å². The lowest BCUT2D eigenvalue weighted by Crippen LogP contribution is -2.36. The van der Waals surface area contributed by atoms with Gasteiger partial charge in [0.1, 0.15) is 6.61 Å². The van der Waals surface area contributed by atoms with Crippen LogP contribution in [0.3, 0.4) is 0 Å². The Hall–Kier alpha value is -0.220. The number of ether oxygens (including phenoxy) is 1. The Labute approximate surface area is 84.0 Å². The van der Waals surface area contributed by atoms with E-state index in [4.69, 9.17) is 4.74 Å². The second-order valence-electron chi connectivity index (χ2n) is 4.24. The Balaban J connectivity index is 2.19. The molecule has 0 saturated heterocycles. The number of halogens is 2. The topological polar surface area (TPSA) is 21.3 Å². The van der Waals surface area contributed by atoms with E-state index in [1.54, 1.807) is 0 Å². The van der Waals surface area contributed by atoms with Crippen molar-refractivity contribution in [2.24, 2.45) is 5.92 Å². The van der Waals surface area contributed by atoms with Gasteiger partial charge >= 0.3 is 0 Å². The van der Waals surface area contributed by atoms with E-state index in [2.05, 4.69) is 12.2 Å². The zero-order valence-corrected chi connectivity index (χ0v) is 8.85. The first-order valence-electron chi connectivity index (χ1n) is 5.17. The van der Waals surface area contributed by atoms with Crippen LogP contribution in [0.5, 0.6) is 0 Å². The Kier molecular flexibility index (Phi) is 4.26. The monoisotopic (exact) mass is 207 g/mol. The molecule has 14 heavy (non-hydrogen) atoms. The van der Waals surface area contributed by atoms with Gasteiger partial charge in [-0.2, -0.15) is 0 Å². The second-order valence-corrected chi connectivity index (χ2v) is 4.24. The van der Waals surface area contributed by atoms with Crippen molar-refractivity contribution in [3.63, 3.8) is 0 Å². The largest absolute Gasteiger partial charge is 0.372 e. The molecule has 0 spiro atoms. The molecule has 0 aromatic rings. The molecule has 1 rings (SSSR count). The van der Waals surface area contributed by atoms with E-state index in [0.29, 0.717) is 5.92 Å². The van der Waals surface area contributed by atoms with Crippen LogP contribution in [0.1, 0.15) is 26.2 Å². The Morgan fingerprint density at radius 3 is 2.64 bits per heavy atom. The van der Waals surface area contributed by atoms with Gasteiger partial charge in [0.2, 0.25) is 0 Å². The molecule has 0 radical (unpaired) electrons. The van der Waals surface area contributed by atoms with Crippen molar-refractivity contribution in [3.8, 4) is 0 Å². The van der Waals surface area contributed by atoms with Gasteiger partial charge in [0, 0.05) is 0 Å². The minimum atomic E-state index is -2.74. The highest BCUT2D eigenvalue weighted by molar-refractivity contribution is 4.75. The average molecular weight is 207 g/mol. The van der Waals surface area contributed by atoms with Crippen molar-refractivity contribution < 1.29 is 13.5 Å². The highest BCUT2D eigenvalue weighted by Gasteiger charge is 2.31. The molecule has 1 aliphatic carbocycles. The summed E-state index contributed by atoms with van der Waals surface area (Å²) in [5.41, 5.74) is 0. The minimum Gasteiger partial charge on any atom is -0.372 e. The van der Waals surface area contributed by atoms with Crippen LogP contribution in [0.2, 0.25) is 0 Å². The zero-order chi connectivity index (χ0) is 10.6. The van der Waals surface area contributed by atoms with Crippen LogP contribution in [-0.2, 0) is 4.74 Å². The van der Waals surface area contributed by atoms with Crippen LogP contribution in [0.15, 0.2) is 0 Å². The van der Waals surface area contributed by atoms with E-state index in [0.717, 1.165) is 19.3 Å². The number of nitrogens with one attached hydrogen (secondary N) is 1. The molecule has 2 nitrogen and oxygen atoms in total. The third-order valence-corrected chi connectivity index (χ3v) is 2.61. The summed E-state index contributed by atoms with van der Waals surface area (Å²) in [4.78, 5) is 0. The molecule has 1 N–H and O–H groups in total. The van der Waals surface area contributed by atoms with Gasteiger partial charge in [0.05, 0.1) is 12.6 Å². The summed E-state index contributed by atoms with van der Waals surface area (Å²) in [7, 11) is 1.52. The summed E-state index contributed by atoms with van der Waals surface area (Å²) >= 11 is 0. The fourth-order valence-electron chi connectivity index (χ4n) is 1.86. The number of rotatable bonds is 5. The van der Waals surface area contributed by atoms with Gasteiger partial charge in [-0.15, -0.1) is 0 Å². The van der Waals surface area contributed by atoms with Crippen molar-refractivity contribution in [3.05, 3.63) is 0 Å². The van der Waals surface area contributed by atoms with Crippen molar-refractivity contribution in [2.75, 3.05) is 20.2 Å². The molecule has 2 atom stereocenters. The molecule has 2 unspecified atom stereocenters. The van der Waals surface area contributed by atoms with E-state index in [9.17, 15) is 8.78 Å². The molecule has 1 fully saturated rings. The first kappa shape index (κ1) is 11.9. The van der Waals surface area contributed by atoms with Crippen LogP contribution in [0, 0.1) is 5.92 Å². The molecule has 84 valence electrons. The van der Waals surface area contributed by atoms with Crippen molar-refractivity contribution >= 4 is 0 Å². The number of alkyl halides is 2. The van der Waals surface area contributed by atoms with Crippen molar-refractivity contribution in [2.45, 2.75) is 38.2 Å². The van der Waals surface area contributed by atoms with Gasteiger partial charge < -0.3 is 10.1 Å². The maximum atomic E-state index is 13.0. The Morgan fingerprint density at radius 1 is 1.43 bits per heavy atom. The summed E-state index contributed by atoms with van der Waals surface area (Å²) in [6.07, 6.45) is 3.00. The van der Waals surface area contributed by atoms with E-state index in [1.807, 2.05) is 0 Å². The third kappa shape index (κ3) is 3.88. The molecule has 0 heterocycles. The Morgan fingerprint density at radius 2 is 2.14 bits per heavy atom. The lowest BCUT2D eigenvalue weighted by Gasteiger charge is -2.19. The lowest BCUT2D eigenvalue weighted by molar-refractivity contribution is -0.0952. The molecule has 1 aliphatic rings. The number of hydrogen-bond acceptors (Lipinski definition) is 2. The lowest BCUT2D eigenvalue weighted by atomic mass is 10.1. The SMILES string of the molecule is CNCC(F)(F)COC1CCC(C)C1. The minimum absolute atomic E-state index is 0.0488. The third-order valence-electron chi connectivity index (χ3n) is 2.61. The van der Waals surface area contributed by atoms with E-state index in [1.165, 1.54) is 7.05 Å². The predicted molar refractivity (Wildman–Crippen MR) is 51.6 cm³/mol. The molecular weight excluding hydrogens is 188 g/mol. The van der Waals surface area contributed by atoms with Crippen LogP contribution >= 0.6 is 0 Å². The first-order valence-corrected chi connectivity index (χ1v) is 5.17. The fourth-order valence-corrected chi connectivity index (χ4v) is 1.86. The molecule has 0 aromatic heterocycles. The van der Waals surface area contributed by atoms with Crippen LogP contribution in [-0.4, -0.2) is 32.2 Å². The number of hydrogen-bond donors (Lipinski definition) is 1. The Bertz CT molecular complexity index is 176. The van der Waals surface area contributed by atoms with E-state index < -0.39 is 12.5 Å². The average Bonchev–Trinajstić information content (AvgIpc) is 2.48. The van der Waals surface area contributed by atoms with Gasteiger partial charge in [-0.05, 0) is 32.2 Å². The zero-order valence-electron chi connectivity index (χ0n) is 8.85. The molecule has 0 aromatic carbocycles. The molecule has 0 aliphatic heterocycles. The van der Waals surface area contributed by atoms with Crippen molar-refractivity contribution in [1.82, 2.24) is 5.32 Å². The smallest absolute Gasteiger partial charge is 0.283 e. The molecule has 4 heteroatoms. The normalized spacial score (nSPS) is 28.3. The van der Waals surface area contributed by atoms with Crippen molar-refractivity contribution in [1.29, 1.82) is 0 Å². The molecule has 0 amide bonds.